The van der Waals surface area contributed by atoms with E-state index >= 15 is 0 Å². The highest BCUT2D eigenvalue weighted by molar-refractivity contribution is 7.15. The van der Waals surface area contributed by atoms with Gasteiger partial charge in [-0.2, -0.15) is 0 Å². The van der Waals surface area contributed by atoms with Crippen molar-refractivity contribution >= 4 is 28.3 Å². The Hall–Kier alpha value is -2.49. The molecule has 1 unspecified atom stereocenters. The quantitative estimate of drug-likeness (QED) is 0.803. The Bertz CT molecular complexity index is 931. The number of carboxylic acids is 1. The molecule has 4 rings (SSSR count). The van der Waals surface area contributed by atoms with Crippen LogP contribution in [0.4, 0.5) is 5.13 Å². The zero-order valence-corrected chi connectivity index (χ0v) is 17.7. The van der Waals surface area contributed by atoms with Gasteiger partial charge in [0.05, 0.1) is 5.69 Å². The maximum Gasteiger partial charge on any atom is 0.326 e. The van der Waals surface area contributed by atoms with Gasteiger partial charge in [0.1, 0.15) is 11.0 Å². The number of aromatic nitrogens is 3. The van der Waals surface area contributed by atoms with E-state index in [1.54, 1.807) is 18.3 Å². The van der Waals surface area contributed by atoms with Crippen molar-refractivity contribution < 1.29 is 19.1 Å². The second-order valence-corrected chi connectivity index (χ2v) is 9.12. The molecule has 156 valence electrons. The van der Waals surface area contributed by atoms with Gasteiger partial charge in [0, 0.05) is 26.1 Å². The smallest absolute Gasteiger partial charge is 0.326 e. The number of carbonyl (C=O) groups excluding carboxylic acids is 1. The van der Waals surface area contributed by atoms with Crippen LogP contribution in [-0.2, 0) is 11.2 Å². The molecule has 2 aromatic heterocycles. The van der Waals surface area contributed by atoms with E-state index in [1.807, 2.05) is 13.8 Å². The van der Waals surface area contributed by atoms with Crippen molar-refractivity contribution in [2.75, 3.05) is 24.5 Å². The van der Waals surface area contributed by atoms with Crippen LogP contribution in [0.3, 0.4) is 0 Å². The molecule has 2 aromatic rings. The predicted molar refractivity (Wildman–Crippen MR) is 106 cm³/mol. The van der Waals surface area contributed by atoms with Crippen LogP contribution in [0.5, 0.6) is 0 Å². The number of hydrogen-bond donors (Lipinski definition) is 1. The number of amides is 1. The second-order valence-electron chi connectivity index (χ2n) is 7.96. The van der Waals surface area contributed by atoms with Crippen LogP contribution < -0.4 is 4.90 Å². The molecule has 0 radical (unpaired) electrons. The number of rotatable bonds is 4. The number of oxazole rings is 1. The minimum absolute atomic E-state index is 0.159. The van der Waals surface area contributed by atoms with Crippen molar-refractivity contribution in [3.8, 4) is 0 Å². The molecule has 9 nitrogen and oxygen atoms in total. The normalized spacial score (nSPS) is 21.1. The first kappa shape index (κ1) is 19.8. The number of piperidine rings is 1. The highest BCUT2D eigenvalue weighted by Crippen LogP contribution is 2.45. The number of carboxylic acid groups (broad SMARTS) is 1. The maximum atomic E-state index is 13.1. The number of nitrogens with zero attached hydrogens (tertiary/aromatic N) is 5. The molecule has 2 saturated heterocycles. The largest absolute Gasteiger partial charge is 0.480 e. The van der Waals surface area contributed by atoms with Crippen molar-refractivity contribution in [2.24, 2.45) is 5.41 Å². The van der Waals surface area contributed by atoms with Crippen LogP contribution in [-0.4, -0.2) is 62.7 Å². The minimum Gasteiger partial charge on any atom is -0.480 e. The molecule has 1 N–H and O–H groups in total. The first-order valence-electron chi connectivity index (χ1n) is 9.87. The van der Waals surface area contributed by atoms with Crippen LogP contribution >= 0.6 is 11.3 Å². The van der Waals surface area contributed by atoms with Gasteiger partial charge in [0.15, 0.2) is 5.89 Å². The molecule has 29 heavy (non-hydrogen) atoms. The Morgan fingerprint density at radius 2 is 2.00 bits per heavy atom. The lowest BCUT2D eigenvalue weighted by atomic mass is 9.76. The summed E-state index contributed by atoms with van der Waals surface area (Å²) in [7, 11) is 0. The molecule has 10 heteroatoms. The topological polar surface area (TPSA) is 113 Å². The number of aryl methyl sites for hydroxylation is 3. The molecule has 4 heterocycles. The van der Waals surface area contributed by atoms with E-state index in [4.69, 9.17) is 4.42 Å². The van der Waals surface area contributed by atoms with Gasteiger partial charge < -0.3 is 19.3 Å². The van der Waals surface area contributed by atoms with Gasteiger partial charge in [-0.3, -0.25) is 4.79 Å². The molecule has 0 aromatic carbocycles. The first-order chi connectivity index (χ1) is 13.8. The summed E-state index contributed by atoms with van der Waals surface area (Å²) in [6, 6.07) is -0.840. The summed E-state index contributed by atoms with van der Waals surface area (Å²) in [4.78, 5) is 33.0. The molecule has 1 spiro atoms. The fourth-order valence-corrected chi connectivity index (χ4v) is 5.11. The molecule has 0 saturated carbocycles. The molecule has 2 fully saturated rings. The van der Waals surface area contributed by atoms with Crippen molar-refractivity contribution in [2.45, 2.75) is 52.5 Å². The van der Waals surface area contributed by atoms with Gasteiger partial charge in [0.25, 0.3) is 5.91 Å². The Morgan fingerprint density at radius 1 is 1.28 bits per heavy atom. The van der Waals surface area contributed by atoms with Crippen molar-refractivity contribution in [1.29, 1.82) is 0 Å². The minimum atomic E-state index is -0.967. The third-order valence-corrected chi connectivity index (χ3v) is 6.90. The van der Waals surface area contributed by atoms with Crippen LogP contribution in [0, 0.1) is 19.3 Å². The lowest BCUT2D eigenvalue weighted by molar-refractivity contribution is -0.141. The van der Waals surface area contributed by atoms with Crippen LogP contribution in [0.1, 0.15) is 53.3 Å². The van der Waals surface area contributed by atoms with Gasteiger partial charge in [0.2, 0.25) is 10.9 Å². The van der Waals surface area contributed by atoms with E-state index < -0.39 is 12.0 Å². The van der Waals surface area contributed by atoms with E-state index in [0.29, 0.717) is 31.0 Å². The summed E-state index contributed by atoms with van der Waals surface area (Å²) in [5.41, 5.74) is 0.314. The number of likely N-dealkylation sites (tertiary alicyclic amines) is 1. The van der Waals surface area contributed by atoms with Crippen LogP contribution in [0.15, 0.2) is 4.42 Å². The van der Waals surface area contributed by atoms with Crippen molar-refractivity contribution in [3.63, 3.8) is 0 Å². The Labute approximate surface area is 172 Å². The summed E-state index contributed by atoms with van der Waals surface area (Å²) < 4.78 is 5.60. The fourth-order valence-electron chi connectivity index (χ4n) is 4.37. The number of aliphatic carboxylic acids is 1. The number of anilines is 1. The third-order valence-electron chi connectivity index (χ3n) is 6.00. The summed E-state index contributed by atoms with van der Waals surface area (Å²) in [5, 5.41) is 19.9. The summed E-state index contributed by atoms with van der Waals surface area (Å²) in [5.74, 6) is -0.689. The second kappa shape index (κ2) is 7.40. The van der Waals surface area contributed by atoms with Gasteiger partial charge in [-0.1, -0.05) is 18.3 Å². The van der Waals surface area contributed by atoms with E-state index in [1.165, 1.54) is 4.90 Å². The number of hydrogen-bond acceptors (Lipinski definition) is 8. The number of carbonyl (C=O) groups is 2. The van der Waals surface area contributed by atoms with Gasteiger partial charge in [-0.25, -0.2) is 9.78 Å². The zero-order valence-electron chi connectivity index (χ0n) is 16.8. The third kappa shape index (κ3) is 3.61. The van der Waals surface area contributed by atoms with Crippen LogP contribution in [0.2, 0.25) is 0 Å². The molecular formula is C19H25N5O4S. The van der Waals surface area contributed by atoms with E-state index in [0.717, 1.165) is 36.1 Å². The lowest BCUT2D eigenvalue weighted by Crippen LogP contribution is -2.43. The van der Waals surface area contributed by atoms with Crippen molar-refractivity contribution in [1.82, 2.24) is 20.1 Å². The molecular weight excluding hydrogens is 394 g/mol. The van der Waals surface area contributed by atoms with Gasteiger partial charge in [-0.15, -0.1) is 10.2 Å². The summed E-state index contributed by atoms with van der Waals surface area (Å²) in [6.07, 6.45) is 2.68. The van der Waals surface area contributed by atoms with Gasteiger partial charge in [-0.05, 0) is 38.5 Å². The molecule has 0 aliphatic carbocycles. The monoisotopic (exact) mass is 419 g/mol. The average Bonchev–Trinajstić information content (AvgIpc) is 3.39. The fraction of sp³-hybridized carbons (Fsp3) is 0.632. The van der Waals surface area contributed by atoms with Crippen molar-refractivity contribution in [3.05, 3.63) is 22.4 Å². The zero-order chi connectivity index (χ0) is 20.8. The molecule has 2 aliphatic rings. The summed E-state index contributed by atoms with van der Waals surface area (Å²) >= 11 is 1.57. The predicted octanol–water partition coefficient (Wildman–Crippen LogP) is 2.29. The molecule has 0 bridgehead atoms. The van der Waals surface area contributed by atoms with E-state index in [-0.39, 0.29) is 17.1 Å². The molecule has 2 aliphatic heterocycles. The summed E-state index contributed by atoms with van der Waals surface area (Å²) in [6.45, 7) is 7.54. The average molecular weight is 420 g/mol. The van der Waals surface area contributed by atoms with Crippen LogP contribution in [0.25, 0.3) is 0 Å². The van der Waals surface area contributed by atoms with E-state index in [9.17, 15) is 14.7 Å². The lowest BCUT2D eigenvalue weighted by Gasteiger charge is -2.38. The SMILES string of the molecule is CCc1nc(C)c(C(=O)N2CC3(CCN(c4nnc(C)s4)CC3)CC2C(=O)O)o1. The Balaban J connectivity index is 1.52. The highest BCUT2D eigenvalue weighted by atomic mass is 32.1. The van der Waals surface area contributed by atoms with Gasteiger partial charge >= 0.3 is 5.97 Å². The Morgan fingerprint density at radius 3 is 2.55 bits per heavy atom. The standard InChI is InChI=1S/C19H25N5O4S/c1-4-14-20-11(2)15(28-14)16(25)24-10-19(9-13(24)17(26)27)5-7-23(8-6-19)18-22-21-12(3)29-18/h13H,4-10H2,1-3H3,(H,26,27). The van der Waals surface area contributed by atoms with E-state index in [2.05, 4.69) is 20.1 Å². The first-order valence-corrected chi connectivity index (χ1v) is 10.7. The maximum absolute atomic E-state index is 13.1. The Kier molecular flexibility index (Phi) is 5.05. The molecule has 1 atom stereocenters. The highest BCUT2D eigenvalue weighted by Gasteiger charge is 2.50. The molecule has 1 amide bonds.